The Morgan fingerprint density at radius 2 is 1.92 bits per heavy atom. The summed E-state index contributed by atoms with van der Waals surface area (Å²) in [6.07, 6.45) is 3.62. The number of carbonyl (C=O) groups excluding carboxylic acids is 1. The molecule has 1 fully saturated rings. The summed E-state index contributed by atoms with van der Waals surface area (Å²) in [5.74, 6) is 0.302. The molecule has 4 rings (SSSR count). The maximum Gasteiger partial charge on any atom is 0.322 e. The summed E-state index contributed by atoms with van der Waals surface area (Å²) in [6, 6.07) is 9.54. The number of nitrogens with zero attached hydrogens (tertiary/aromatic N) is 2. The zero-order chi connectivity index (χ0) is 17.3. The second-order valence-electron chi connectivity index (χ2n) is 6.17. The fourth-order valence-electron chi connectivity index (χ4n) is 3.39. The monoisotopic (exact) mass is 373 g/mol. The molecule has 5 nitrogen and oxygen atoms in total. The summed E-state index contributed by atoms with van der Waals surface area (Å²) < 4.78 is 5.59. The van der Waals surface area contributed by atoms with E-state index in [4.69, 9.17) is 16.0 Å². The van der Waals surface area contributed by atoms with E-state index in [-0.39, 0.29) is 11.9 Å². The Balaban J connectivity index is 1.59. The molecule has 128 valence electrons. The van der Waals surface area contributed by atoms with Gasteiger partial charge in [-0.05, 0) is 42.0 Å². The first-order valence-corrected chi connectivity index (χ1v) is 9.43. The lowest BCUT2D eigenvalue weighted by atomic mass is 9.78. The number of nitrogens with one attached hydrogen (secondary N) is 1. The van der Waals surface area contributed by atoms with Crippen molar-refractivity contribution in [3.8, 4) is 11.5 Å². The van der Waals surface area contributed by atoms with Crippen LogP contribution in [0.3, 0.4) is 0 Å². The van der Waals surface area contributed by atoms with Crippen molar-refractivity contribution in [2.24, 2.45) is 0 Å². The van der Waals surface area contributed by atoms with Crippen LogP contribution in [0, 0.1) is 0 Å². The van der Waals surface area contributed by atoms with Crippen molar-refractivity contribution in [1.82, 2.24) is 10.2 Å². The molecule has 0 bridgehead atoms. The third kappa shape index (κ3) is 3.07. The summed E-state index contributed by atoms with van der Waals surface area (Å²) in [4.78, 5) is 13.0. The Kier molecular flexibility index (Phi) is 4.31. The second-order valence-corrected chi connectivity index (χ2v) is 7.39. The van der Waals surface area contributed by atoms with Gasteiger partial charge in [-0.15, -0.1) is 5.10 Å². The SMILES string of the molecule is O=C(Nc1nnc(-c2ccsc2)o1)C1(c2ccc(Cl)cc2)CCCC1. The van der Waals surface area contributed by atoms with Crippen molar-refractivity contribution < 1.29 is 9.21 Å². The van der Waals surface area contributed by atoms with Gasteiger partial charge in [0, 0.05) is 16.0 Å². The highest BCUT2D eigenvalue weighted by Gasteiger charge is 2.43. The Hall–Kier alpha value is -2.18. The molecule has 0 aliphatic heterocycles. The number of amides is 1. The van der Waals surface area contributed by atoms with Crippen molar-refractivity contribution >= 4 is 34.9 Å². The lowest BCUT2D eigenvalue weighted by molar-refractivity contribution is -0.121. The number of halogens is 1. The standard InChI is InChI=1S/C18H16ClN3O2S/c19-14-5-3-13(4-6-14)18(8-1-2-9-18)16(23)20-17-22-21-15(24-17)12-7-10-25-11-12/h3-7,10-11H,1-2,8-9H2,(H,20,22,23). The molecule has 2 heterocycles. The van der Waals surface area contributed by atoms with E-state index in [9.17, 15) is 4.79 Å². The smallest absolute Gasteiger partial charge is 0.322 e. The normalized spacial score (nSPS) is 16.0. The fraction of sp³-hybridized carbons (Fsp3) is 0.278. The van der Waals surface area contributed by atoms with Gasteiger partial charge in [0.2, 0.25) is 5.91 Å². The molecule has 3 aromatic rings. The topological polar surface area (TPSA) is 68.0 Å². The number of hydrogen-bond donors (Lipinski definition) is 1. The van der Waals surface area contributed by atoms with E-state index >= 15 is 0 Å². The molecule has 0 spiro atoms. The molecule has 1 saturated carbocycles. The number of hydrogen-bond acceptors (Lipinski definition) is 5. The third-order valence-corrected chi connectivity index (χ3v) is 5.64. The van der Waals surface area contributed by atoms with Crippen molar-refractivity contribution in [2.75, 3.05) is 5.32 Å². The Morgan fingerprint density at radius 3 is 2.60 bits per heavy atom. The van der Waals surface area contributed by atoms with Gasteiger partial charge in [-0.25, -0.2) is 0 Å². The minimum Gasteiger partial charge on any atom is -0.403 e. The molecule has 1 amide bonds. The number of carbonyl (C=O) groups is 1. The van der Waals surface area contributed by atoms with Crippen LogP contribution in [0.25, 0.3) is 11.5 Å². The van der Waals surface area contributed by atoms with Crippen molar-refractivity contribution in [1.29, 1.82) is 0 Å². The molecule has 1 aromatic carbocycles. The molecule has 0 atom stereocenters. The van der Waals surface area contributed by atoms with Gasteiger partial charge in [-0.3, -0.25) is 10.1 Å². The Labute approximate surface area is 154 Å². The number of aromatic nitrogens is 2. The molecular weight excluding hydrogens is 358 g/mol. The lowest BCUT2D eigenvalue weighted by Gasteiger charge is -2.27. The zero-order valence-electron chi connectivity index (χ0n) is 13.4. The van der Waals surface area contributed by atoms with Crippen molar-refractivity contribution in [3.63, 3.8) is 0 Å². The van der Waals surface area contributed by atoms with Crippen molar-refractivity contribution in [3.05, 3.63) is 51.7 Å². The van der Waals surface area contributed by atoms with Gasteiger partial charge in [0.1, 0.15) is 0 Å². The van der Waals surface area contributed by atoms with E-state index in [1.54, 1.807) is 11.3 Å². The van der Waals surface area contributed by atoms with E-state index < -0.39 is 5.41 Å². The lowest BCUT2D eigenvalue weighted by Crippen LogP contribution is -2.38. The zero-order valence-corrected chi connectivity index (χ0v) is 14.9. The molecule has 7 heteroatoms. The van der Waals surface area contributed by atoms with E-state index in [1.165, 1.54) is 0 Å². The van der Waals surface area contributed by atoms with Crippen LogP contribution in [-0.2, 0) is 10.2 Å². The van der Waals surface area contributed by atoms with Crippen LogP contribution in [0.15, 0.2) is 45.5 Å². The maximum absolute atomic E-state index is 13.0. The van der Waals surface area contributed by atoms with Crippen LogP contribution in [0.2, 0.25) is 5.02 Å². The van der Waals surface area contributed by atoms with Crippen molar-refractivity contribution in [2.45, 2.75) is 31.1 Å². The highest BCUT2D eigenvalue weighted by atomic mass is 35.5. The highest BCUT2D eigenvalue weighted by molar-refractivity contribution is 7.08. The predicted octanol–water partition coefficient (Wildman–Crippen LogP) is 4.90. The minimum absolute atomic E-state index is 0.104. The Morgan fingerprint density at radius 1 is 1.16 bits per heavy atom. The number of thiophene rings is 1. The van der Waals surface area contributed by atoms with E-state index in [0.717, 1.165) is 36.8 Å². The van der Waals surface area contributed by atoms with E-state index in [0.29, 0.717) is 10.9 Å². The highest BCUT2D eigenvalue weighted by Crippen LogP contribution is 2.42. The van der Waals surface area contributed by atoms with Crippen LogP contribution in [-0.4, -0.2) is 16.1 Å². The van der Waals surface area contributed by atoms with E-state index in [2.05, 4.69) is 15.5 Å². The summed E-state index contributed by atoms with van der Waals surface area (Å²) >= 11 is 7.54. The van der Waals surface area contributed by atoms with Gasteiger partial charge < -0.3 is 4.42 Å². The van der Waals surface area contributed by atoms with Crippen LogP contribution in [0.5, 0.6) is 0 Å². The molecule has 1 aliphatic carbocycles. The molecule has 1 N–H and O–H groups in total. The number of anilines is 1. The number of rotatable bonds is 4. The predicted molar refractivity (Wildman–Crippen MR) is 97.8 cm³/mol. The maximum atomic E-state index is 13.0. The minimum atomic E-state index is -0.568. The summed E-state index contributed by atoms with van der Waals surface area (Å²) in [7, 11) is 0. The molecular formula is C18H16ClN3O2S. The molecule has 25 heavy (non-hydrogen) atoms. The molecule has 0 radical (unpaired) electrons. The van der Waals surface area contributed by atoms with Gasteiger partial charge >= 0.3 is 6.01 Å². The van der Waals surface area contributed by atoms with E-state index in [1.807, 2.05) is 41.1 Å². The first kappa shape index (κ1) is 16.3. The second kappa shape index (κ2) is 6.61. The summed E-state index contributed by atoms with van der Waals surface area (Å²) in [5, 5.41) is 15.3. The molecule has 2 aromatic heterocycles. The largest absolute Gasteiger partial charge is 0.403 e. The first-order valence-electron chi connectivity index (χ1n) is 8.11. The molecule has 1 aliphatic rings. The molecule has 0 saturated heterocycles. The third-order valence-electron chi connectivity index (χ3n) is 4.70. The van der Waals surface area contributed by atoms with Crippen LogP contribution in [0.4, 0.5) is 6.01 Å². The van der Waals surface area contributed by atoms with Gasteiger partial charge in [-0.2, -0.15) is 11.3 Å². The first-order chi connectivity index (χ1) is 12.2. The van der Waals surface area contributed by atoms with Crippen LogP contribution in [0.1, 0.15) is 31.2 Å². The summed E-state index contributed by atoms with van der Waals surface area (Å²) in [6.45, 7) is 0. The summed E-state index contributed by atoms with van der Waals surface area (Å²) in [5.41, 5.74) is 1.26. The average Bonchev–Trinajstić information content (AvgIpc) is 3.37. The van der Waals surface area contributed by atoms with Crippen LogP contribution < -0.4 is 5.32 Å². The number of benzene rings is 1. The average molecular weight is 374 g/mol. The van der Waals surface area contributed by atoms with Gasteiger partial charge in [0.25, 0.3) is 5.89 Å². The quantitative estimate of drug-likeness (QED) is 0.706. The van der Waals surface area contributed by atoms with Gasteiger partial charge in [-0.1, -0.05) is 41.7 Å². The van der Waals surface area contributed by atoms with Crippen LogP contribution >= 0.6 is 22.9 Å². The van der Waals surface area contributed by atoms with Gasteiger partial charge in [0.15, 0.2) is 0 Å². The fourth-order valence-corrected chi connectivity index (χ4v) is 4.14. The Bertz CT molecular complexity index is 868. The molecule has 0 unspecified atom stereocenters. The van der Waals surface area contributed by atoms with Gasteiger partial charge in [0.05, 0.1) is 5.41 Å².